The Balaban J connectivity index is 4.16. The number of rotatable bonds is 49. The van der Waals surface area contributed by atoms with Gasteiger partial charge >= 0.3 is 5.97 Å². The third kappa shape index (κ3) is 51.3. The van der Waals surface area contributed by atoms with Crippen LogP contribution < -0.4 is 4.89 Å². The summed E-state index contributed by atoms with van der Waals surface area (Å²) in [6.07, 6.45) is 58.5. The molecule has 0 bridgehead atoms. The average molecular weight is 908 g/mol. The summed E-state index contributed by atoms with van der Waals surface area (Å²) < 4.78 is 34.8. The Kier molecular flexibility index (Phi) is 45.8. The molecule has 0 spiro atoms. The molecule has 0 radical (unpaired) electrons. The highest BCUT2D eigenvalue weighted by Gasteiger charge is 2.20. The van der Waals surface area contributed by atoms with E-state index in [1.54, 1.807) is 0 Å². The van der Waals surface area contributed by atoms with E-state index in [0.717, 1.165) is 51.4 Å². The second-order valence-corrected chi connectivity index (χ2v) is 20.3. The zero-order valence-corrected chi connectivity index (χ0v) is 42.9. The molecule has 9 heteroatoms. The van der Waals surface area contributed by atoms with Gasteiger partial charge in [0.05, 0.1) is 34.4 Å². The van der Waals surface area contributed by atoms with Crippen molar-refractivity contribution >= 4 is 13.8 Å². The fourth-order valence-electron chi connectivity index (χ4n) is 7.25. The predicted octanol–water partition coefficient (Wildman–Crippen LogP) is 15.7. The summed E-state index contributed by atoms with van der Waals surface area (Å²) >= 11 is 0. The SMILES string of the molecule is CCCCCCC/C=C\C/C=C\C/C=C\CCCCCCCCCOCC(COP(=O)([O-])OCC[N+](C)(C)C)OC(=O)CCCCCCCCCCC/C=C\CCCCCCCC. The smallest absolute Gasteiger partial charge is 0.306 e. The first kappa shape index (κ1) is 61.5. The largest absolute Gasteiger partial charge is 0.756 e. The fourth-order valence-corrected chi connectivity index (χ4v) is 7.98. The van der Waals surface area contributed by atoms with Gasteiger partial charge in [0.1, 0.15) is 19.3 Å². The zero-order valence-electron chi connectivity index (χ0n) is 42.0. The van der Waals surface area contributed by atoms with E-state index >= 15 is 0 Å². The summed E-state index contributed by atoms with van der Waals surface area (Å²) in [5.74, 6) is -0.339. The van der Waals surface area contributed by atoms with E-state index in [9.17, 15) is 14.3 Å². The Morgan fingerprint density at radius 2 is 0.873 bits per heavy atom. The second-order valence-electron chi connectivity index (χ2n) is 18.9. The normalized spacial score (nSPS) is 13.9. The van der Waals surface area contributed by atoms with E-state index < -0.39 is 13.9 Å². The summed E-state index contributed by atoms with van der Waals surface area (Å²) in [5, 5.41) is 0. The van der Waals surface area contributed by atoms with Crippen LogP contribution in [0.25, 0.3) is 0 Å². The summed E-state index contributed by atoms with van der Waals surface area (Å²) in [5.41, 5.74) is 0. The minimum atomic E-state index is -4.54. The van der Waals surface area contributed by atoms with Crippen molar-refractivity contribution in [3.05, 3.63) is 48.6 Å². The van der Waals surface area contributed by atoms with Crippen LogP contribution in [0.4, 0.5) is 0 Å². The predicted molar refractivity (Wildman–Crippen MR) is 268 cm³/mol. The maximum absolute atomic E-state index is 12.8. The quantitative estimate of drug-likeness (QED) is 0.0197. The van der Waals surface area contributed by atoms with Gasteiger partial charge in [-0.2, -0.15) is 0 Å². The number of unbranched alkanes of at least 4 members (excludes halogenated alkanes) is 27. The lowest BCUT2D eigenvalue weighted by molar-refractivity contribution is -0.870. The molecule has 0 saturated carbocycles. The maximum Gasteiger partial charge on any atom is 0.306 e. The molecule has 0 aliphatic heterocycles. The topological polar surface area (TPSA) is 94.1 Å². The van der Waals surface area contributed by atoms with Gasteiger partial charge in [0.15, 0.2) is 0 Å². The van der Waals surface area contributed by atoms with E-state index in [0.29, 0.717) is 24.1 Å². The van der Waals surface area contributed by atoms with Crippen LogP contribution in [0.5, 0.6) is 0 Å². The number of nitrogens with zero attached hydrogens (tertiary/aromatic N) is 1. The maximum atomic E-state index is 12.8. The molecule has 0 aliphatic rings. The number of carbonyl (C=O) groups excluding carboxylic acids is 1. The van der Waals surface area contributed by atoms with Gasteiger partial charge in [-0.1, -0.05) is 197 Å². The number of carbonyl (C=O) groups is 1. The van der Waals surface area contributed by atoms with E-state index in [-0.39, 0.29) is 25.8 Å². The molecular weight excluding hydrogens is 806 g/mol. The lowest BCUT2D eigenvalue weighted by Crippen LogP contribution is -2.37. The fraction of sp³-hybridized carbons (Fsp3) is 0.833. The van der Waals surface area contributed by atoms with Gasteiger partial charge in [-0.05, 0) is 77.0 Å². The number of hydrogen-bond acceptors (Lipinski definition) is 7. The number of phosphoric acid groups is 1. The second kappa shape index (κ2) is 47.0. The standard InChI is InChI=1S/C54H102NO7P/c1-6-8-10-12-14-16-18-20-22-24-26-27-28-30-32-34-36-38-40-42-44-46-49-59-51-53(52-61-63(57,58)60-50-48-55(3,4)5)62-54(56)47-45-43-41-39-37-35-33-31-29-25-23-21-19-17-15-13-11-9-7-2/h18,20-21,23-24,26,28,30,53H,6-17,19,22,25,27,29,31-52H2,1-5H3/b20-18-,23-21-,26-24-,30-28-. The molecule has 0 aromatic rings. The number of likely N-dealkylation sites (N-methyl/N-ethyl adjacent to an activating group) is 1. The Morgan fingerprint density at radius 3 is 1.32 bits per heavy atom. The Morgan fingerprint density at radius 1 is 0.492 bits per heavy atom. The summed E-state index contributed by atoms with van der Waals surface area (Å²) in [6.45, 7) is 5.39. The first-order chi connectivity index (χ1) is 30.6. The Bertz CT molecular complexity index is 1150. The Hall–Kier alpha value is -1.54. The van der Waals surface area contributed by atoms with Crippen LogP contribution >= 0.6 is 7.82 Å². The lowest BCUT2D eigenvalue weighted by atomic mass is 10.1. The van der Waals surface area contributed by atoms with Crippen LogP contribution in [0.15, 0.2) is 48.6 Å². The van der Waals surface area contributed by atoms with Gasteiger partial charge in [-0.25, -0.2) is 0 Å². The Labute approximate surface area is 390 Å². The molecule has 0 heterocycles. The van der Waals surface area contributed by atoms with Crippen molar-refractivity contribution < 1.29 is 37.3 Å². The first-order valence-corrected chi connectivity index (χ1v) is 27.8. The molecule has 63 heavy (non-hydrogen) atoms. The molecule has 0 aromatic heterocycles. The highest BCUT2D eigenvalue weighted by molar-refractivity contribution is 7.45. The van der Waals surface area contributed by atoms with Gasteiger partial charge in [-0.3, -0.25) is 9.36 Å². The van der Waals surface area contributed by atoms with E-state index in [1.807, 2.05) is 21.1 Å². The van der Waals surface area contributed by atoms with E-state index in [2.05, 4.69) is 62.5 Å². The van der Waals surface area contributed by atoms with Crippen LogP contribution in [-0.4, -0.2) is 70.7 Å². The molecule has 2 atom stereocenters. The lowest BCUT2D eigenvalue weighted by Gasteiger charge is -2.28. The van der Waals surface area contributed by atoms with Crippen molar-refractivity contribution in [2.45, 2.75) is 238 Å². The first-order valence-electron chi connectivity index (χ1n) is 26.4. The zero-order chi connectivity index (χ0) is 46.2. The van der Waals surface area contributed by atoms with Crippen LogP contribution in [0.3, 0.4) is 0 Å². The average Bonchev–Trinajstić information content (AvgIpc) is 3.24. The third-order valence-electron chi connectivity index (χ3n) is 11.4. The van der Waals surface area contributed by atoms with E-state index in [4.69, 9.17) is 18.5 Å². The van der Waals surface area contributed by atoms with Crippen molar-refractivity contribution in [3.63, 3.8) is 0 Å². The highest BCUT2D eigenvalue weighted by atomic mass is 31.2. The summed E-state index contributed by atoms with van der Waals surface area (Å²) in [7, 11) is 1.35. The number of allylic oxidation sites excluding steroid dienone is 8. The molecule has 0 saturated heterocycles. The van der Waals surface area contributed by atoms with Gasteiger partial charge in [-0.15, -0.1) is 0 Å². The van der Waals surface area contributed by atoms with Gasteiger partial charge in [0, 0.05) is 13.0 Å². The van der Waals surface area contributed by atoms with Crippen LogP contribution in [-0.2, 0) is 27.9 Å². The van der Waals surface area contributed by atoms with Crippen molar-refractivity contribution in [2.24, 2.45) is 0 Å². The molecule has 0 aliphatic carbocycles. The number of esters is 1. The summed E-state index contributed by atoms with van der Waals surface area (Å²) in [4.78, 5) is 25.2. The van der Waals surface area contributed by atoms with Crippen LogP contribution in [0.1, 0.15) is 232 Å². The van der Waals surface area contributed by atoms with Gasteiger partial charge < -0.3 is 27.9 Å². The van der Waals surface area contributed by atoms with Gasteiger partial charge in [0.25, 0.3) is 7.82 Å². The van der Waals surface area contributed by atoms with Crippen molar-refractivity contribution in [2.75, 3.05) is 54.1 Å². The molecular formula is C54H102NO7P. The molecule has 0 rings (SSSR count). The number of hydrogen-bond donors (Lipinski definition) is 0. The summed E-state index contributed by atoms with van der Waals surface area (Å²) in [6, 6.07) is 0. The van der Waals surface area contributed by atoms with Crippen LogP contribution in [0.2, 0.25) is 0 Å². The molecule has 0 N–H and O–H groups in total. The molecule has 0 amide bonds. The minimum Gasteiger partial charge on any atom is -0.756 e. The number of quaternary nitrogens is 1. The monoisotopic (exact) mass is 908 g/mol. The molecule has 2 unspecified atom stereocenters. The minimum absolute atomic E-state index is 0.0227. The van der Waals surface area contributed by atoms with Crippen molar-refractivity contribution in [1.29, 1.82) is 0 Å². The molecule has 0 fully saturated rings. The third-order valence-corrected chi connectivity index (χ3v) is 12.3. The molecule has 0 aromatic carbocycles. The number of phosphoric ester groups is 1. The van der Waals surface area contributed by atoms with E-state index in [1.165, 1.54) is 161 Å². The molecule has 8 nitrogen and oxygen atoms in total. The highest BCUT2D eigenvalue weighted by Crippen LogP contribution is 2.38. The van der Waals surface area contributed by atoms with Crippen molar-refractivity contribution in [1.82, 2.24) is 0 Å². The van der Waals surface area contributed by atoms with Gasteiger partial charge in [0.2, 0.25) is 0 Å². The van der Waals surface area contributed by atoms with Crippen molar-refractivity contribution in [3.8, 4) is 0 Å². The number of ether oxygens (including phenoxy) is 2. The molecule has 370 valence electrons. The van der Waals surface area contributed by atoms with Crippen LogP contribution in [0, 0.1) is 0 Å².